The van der Waals surface area contributed by atoms with Gasteiger partial charge in [0.15, 0.2) is 12.5 Å². The Bertz CT molecular complexity index is 1320. The number of rotatable bonds is 6. The zero-order chi connectivity index (χ0) is 24.0. The van der Waals surface area contributed by atoms with Crippen LogP contribution in [0.5, 0.6) is 5.75 Å². The van der Waals surface area contributed by atoms with Crippen LogP contribution in [0.25, 0.3) is 22.3 Å². The van der Waals surface area contributed by atoms with Crippen molar-refractivity contribution in [2.24, 2.45) is 7.05 Å². The van der Waals surface area contributed by atoms with Crippen LogP contribution in [0, 0.1) is 0 Å². The average molecular weight is 467 g/mol. The SMILES string of the molecule is COc1cccc(NC(O)[C@H]2O[C@@H](n3cc(-c4ccn(C)n4)c4c(N)ncnc43)[C@H](O)[C@@H]2O)c1. The predicted octanol–water partition coefficient (Wildman–Crippen LogP) is 0.472. The molecule has 1 saturated heterocycles. The summed E-state index contributed by atoms with van der Waals surface area (Å²) in [6.45, 7) is 0. The van der Waals surface area contributed by atoms with Crippen LogP contribution in [0.15, 0.2) is 49.1 Å². The predicted molar refractivity (Wildman–Crippen MR) is 123 cm³/mol. The number of nitrogens with two attached hydrogens (primary N) is 1. The second-order valence-corrected chi connectivity index (χ2v) is 8.08. The van der Waals surface area contributed by atoms with Gasteiger partial charge in [-0.05, 0) is 18.2 Å². The molecule has 1 unspecified atom stereocenters. The van der Waals surface area contributed by atoms with E-state index in [2.05, 4.69) is 20.4 Å². The molecule has 178 valence electrons. The molecule has 4 aromatic rings. The van der Waals surface area contributed by atoms with E-state index in [1.54, 1.807) is 53.0 Å². The number of aromatic nitrogens is 5. The van der Waals surface area contributed by atoms with Gasteiger partial charge in [-0.1, -0.05) is 6.07 Å². The normalized spacial score (nSPS) is 23.3. The number of nitrogens with one attached hydrogen (secondary N) is 1. The van der Waals surface area contributed by atoms with Crippen LogP contribution in [0.4, 0.5) is 11.5 Å². The number of aliphatic hydroxyl groups excluding tert-OH is 3. The highest BCUT2D eigenvalue weighted by Gasteiger charge is 2.47. The Morgan fingerprint density at radius 1 is 1.21 bits per heavy atom. The Morgan fingerprint density at radius 3 is 2.76 bits per heavy atom. The second kappa shape index (κ2) is 8.57. The van der Waals surface area contributed by atoms with E-state index in [0.29, 0.717) is 33.7 Å². The van der Waals surface area contributed by atoms with Gasteiger partial charge in [-0.25, -0.2) is 9.97 Å². The zero-order valence-electron chi connectivity index (χ0n) is 18.5. The standard InChI is InChI=1S/C22H25N7O5/c1-28-7-6-14(27-28)13-9-29(20-15(13)19(23)24-10-25-20)22-17(31)16(30)18(34-22)21(32)26-11-4-3-5-12(8-11)33-2/h3-10,16-18,21-22,26,30-32H,1-2H3,(H2,23,24,25)/t16-,17+,18-,21?,22+/m0/s1. The number of aliphatic hydroxyl groups is 3. The lowest BCUT2D eigenvalue weighted by molar-refractivity contribution is -0.0748. The van der Waals surface area contributed by atoms with Crippen LogP contribution in [-0.2, 0) is 11.8 Å². The van der Waals surface area contributed by atoms with E-state index in [-0.39, 0.29) is 5.82 Å². The number of hydrogen-bond donors (Lipinski definition) is 5. The second-order valence-electron chi connectivity index (χ2n) is 8.08. The number of nitrogens with zero attached hydrogens (tertiary/aromatic N) is 5. The number of anilines is 2. The molecule has 34 heavy (non-hydrogen) atoms. The van der Waals surface area contributed by atoms with Crippen molar-refractivity contribution in [2.45, 2.75) is 30.8 Å². The summed E-state index contributed by atoms with van der Waals surface area (Å²) in [5.41, 5.74) is 8.40. The van der Waals surface area contributed by atoms with Crippen LogP contribution in [0.3, 0.4) is 0 Å². The number of aryl methyl sites for hydroxylation is 1. The molecule has 0 bridgehead atoms. The summed E-state index contributed by atoms with van der Waals surface area (Å²) in [6, 6.07) is 8.77. The molecule has 1 aromatic carbocycles. The first-order valence-electron chi connectivity index (χ1n) is 10.6. The summed E-state index contributed by atoms with van der Waals surface area (Å²) in [7, 11) is 3.33. The summed E-state index contributed by atoms with van der Waals surface area (Å²) < 4.78 is 14.4. The number of methoxy groups -OCH3 is 1. The van der Waals surface area contributed by atoms with Gasteiger partial charge in [0, 0.05) is 36.8 Å². The van der Waals surface area contributed by atoms with E-state index in [9.17, 15) is 15.3 Å². The van der Waals surface area contributed by atoms with Crippen LogP contribution in [0.1, 0.15) is 6.23 Å². The maximum Gasteiger partial charge on any atom is 0.164 e. The molecular formula is C22H25N7O5. The first-order chi connectivity index (χ1) is 16.4. The highest BCUT2D eigenvalue weighted by atomic mass is 16.6. The summed E-state index contributed by atoms with van der Waals surface area (Å²) in [5, 5.41) is 40.1. The third-order valence-electron chi connectivity index (χ3n) is 5.87. The Labute approximate surface area is 194 Å². The fraction of sp³-hybridized carbons (Fsp3) is 0.318. The molecule has 12 heteroatoms. The van der Waals surface area contributed by atoms with E-state index in [1.807, 2.05) is 6.07 Å². The van der Waals surface area contributed by atoms with Gasteiger partial charge >= 0.3 is 0 Å². The molecule has 12 nitrogen and oxygen atoms in total. The van der Waals surface area contributed by atoms with E-state index in [1.165, 1.54) is 13.4 Å². The summed E-state index contributed by atoms with van der Waals surface area (Å²) in [5.74, 6) is 0.842. The average Bonchev–Trinajstić information content (AvgIpc) is 3.51. The van der Waals surface area contributed by atoms with Crippen molar-refractivity contribution in [1.82, 2.24) is 24.3 Å². The van der Waals surface area contributed by atoms with Crippen LogP contribution < -0.4 is 15.8 Å². The lowest BCUT2D eigenvalue weighted by Gasteiger charge is -2.23. The molecule has 0 radical (unpaired) electrons. The summed E-state index contributed by atoms with van der Waals surface area (Å²) >= 11 is 0. The summed E-state index contributed by atoms with van der Waals surface area (Å²) in [6.07, 6.45) is -1.44. The zero-order valence-corrected chi connectivity index (χ0v) is 18.5. The number of fused-ring (bicyclic) bond motifs is 1. The molecule has 4 heterocycles. The molecule has 1 fully saturated rings. The number of ether oxygens (including phenoxy) is 2. The molecule has 1 aliphatic rings. The third-order valence-corrected chi connectivity index (χ3v) is 5.87. The molecular weight excluding hydrogens is 442 g/mol. The molecule has 5 atom stereocenters. The van der Waals surface area contributed by atoms with Crippen LogP contribution >= 0.6 is 0 Å². The van der Waals surface area contributed by atoms with Crippen molar-refractivity contribution in [3.63, 3.8) is 0 Å². The minimum atomic E-state index is -1.38. The Morgan fingerprint density at radius 2 is 2.03 bits per heavy atom. The largest absolute Gasteiger partial charge is 0.497 e. The quantitative estimate of drug-likeness (QED) is 0.252. The van der Waals surface area contributed by atoms with Gasteiger partial charge in [0.2, 0.25) is 0 Å². The molecule has 5 rings (SSSR count). The molecule has 0 spiro atoms. The smallest absolute Gasteiger partial charge is 0.164 e. The number of hydrogen-bond acceptors (Lipinski definition) is 10. The van der Waals surface area contributed by atoms with Gasteiger partial charge in [0.25, 0.3) is 0 Å². The van der Waals surface area contributed by atoms with Crippen molar-refractivity contribution in [2.75, 3.05) is 18.2 Å². The maximum absolute atomic E-state index is 10.8. The Hall–Kier alpha value is -3.71. The Kier molecular flexibility index (Phi) is 5.57. The lowest BCUT2D eigenvalue weighted by atomic mass is 10.1. The van der Waals surface area contributed by atoms with Crippen molar-refractivity contribution >= 4 is 22.5 Å². The number of nitrogen functional groups attached to an aromatic ring is 1. The lowest BCUT2D eigenvalue weighted by Crippen LogP contribution is -2.42. The van der Waals surface area contributed by atoms with Gasteiger partial charge in [-0.2, -0.15) is 5.10 Å². The van der Waals surface area contributed by atoms with Crippen LogP contribution in [-0.4, -0.2) is 71.3 Å². The topological polar surface area (TPSA) is 166 Å². The fourth-order valence-corrected chi connectivity index (χ4v) is 4.20. The minimum absolute atomic E-state index is 0.244. The molecule has 0 saturated carbocycles. The van der Waals surface area contributed by atoms with E-state index in [0.717, 1.165) is 0 Å². The maximum atomic E-state index is 10.8. The van der Waals surface area contributed by atoms with Crippen molar-refractivity contribution < 1.29 is 24.8 Å². The fourth-order valence-electron chi connectivity index (χ4n) is 4.20. The van der Waals surface area contributed by atoms with Gasteiger partial charge in [0.05, 0.1) is 18.2 Å². The molecule has 1 aliphatic heterocycles. The minimum Gasteiger partial charge on any atom is -0.497 e. The van der Waals surface area contributed by atoms with E-state index >= 15 is 0 Å². The molecule has 3 aromatic heterocycles. The molecule has 0 aliphatic carbocycles. The van der Waals surface area contributed by atoms with Crippen molar-refractivity contribution in [1.29, 1.82) is 0 Å². The third kappa shape index (κ3) is 3.72. The van der Waals surface area contributed by atoms with E-state index in [4.69, 9.17) is 15.2 Å². The monoisotopic (exact) mass is 467 g/mol. The van der Waals surface area contributed by atoms with E-state index < -0.39 is 30.8 Å². The summed E-state index contributed by atoms with van der Waals surface area (Å²) in [4.78, 5) is 8.41. The number of benzene rings is 1. The highest BCUT2D eigenvalue weighted by molar-refractivity contribution is 5.99. The molecule has 0 amide bonds. The highest BCUT2D eigenvalue weighted by Crippen LogP contribution is 2.38. The molecule has 6 N–H and O–H groups in total. The van der Waals surface area contributed by atoms with Gasteiger partial charge in [0.1, 0.15) is 41.9 Å². The van der Waals surface area contributed by atoms with Crippen LogP contribution in [0.2, 0.25) is 0 Å². The first kappa shape index (κ1) is 22.1. The van der Waals surface area contributed by atoms with Gasteiger partial charge in [-0.3, -0.25) is 4.68 Å². The Balaban J connectivity index is 1.47. The van der Waals surface area contributed by atoms with Gasteiger partial charge < -0.3 is 40.4 Å². The van der Waals surface area contributed by atoms with Crippen molar-refractivity contribution in [3.8, 4) is 17.0 Å². The first-order valence-corrected chi connectivity index (χ1v) is 10.6. The van der Waals surface area contributed by atoms with Crippen molar-refractivity contribution in [3.05, 3.63) is 49.1 Å². The van der Waals surface area contributed by atoms with Gasteiger partial charge in [-0.15, -0.1) is 0 Å².